The van der Waals surface area contributed by atoms with Crippen molar-refractivity contribution in [2.45, 2.75) is 51.0 Å². The predicted octanol–water partition coefficient (Wildman–Crippen LogP) is 2.94. The highest BCUT2D eigenvalue weighted by Gasteiger charge is 2.35. The van der Waals surface area contributed by atoms with Gasteiger partial charge < -0.3 is 15.0 Å². The highest BCUT2D eigenvalue weighted by Crippen LogP contribution is 2.32. The van der Waals surface area contributed by atoms with Crippen molar-refractivity contribution < 1.29 is 19.2 Å². The Morgan fingerprint density at radius 2 is 2.00 bits per heavy atom. The highest BCUT2D eigenvalue weighted by molar-refractivity contribution is 5.93. The van der Waals surface area contributed by atoms with Gasteiger partial charge in [-0.1, -0.05) is 6.92 Å². The molecule has 1 N–H and O–H groups in total. The van der Waals surface area contributed by atoms with Crippen LogP contribution < -0.4 is 10.2 Å². The number of amides is 1. The molecule has 1 aliphatic carbocycles. The molecule has 1 heterocycles. The van der Waals surface area contributed by atoms with Gasteiger partial charge in [0.25, 0.3) is 11.6 Å². The van der Waals surface area contributed by atoms with Crippen molar-refractivity contribution in [2.24, 2.45) is 5.92 Å². The molecule has 160 valence electrons. The summed E-state index contributed by atoms with van der Waals surface area (Å²) in [7, 11) is 0. The third-order valence-corrected chi connectivity index (χ3v) is 5.92. The number of ether oxygens (including phenoxy) is 1. The molecule has 1 aromatic carbocycles. The molecule has 2 fully saturated rings. The maximum Gasteiger partial charge on any atom is 0.338 e. The van der Waals surface area contributed by atoms with Gasteiger partial charge in [0.15, 0.2) is 6.61 Å². The number of nitrogens with one attached hydrogen (secondary N) is 1. The van der Waals surface area contributed by atoms with Gasteiger partial charge in [-0.25, -0.2) is 4.79 Å². The molecule has 0 spiro atoms. The first-order valence-corrected chi connectivity index (χ1v) is 10.3. The van der Waals surface area contributed by atoms with Crippen molar-refractivity contribution >= 4 is 23.3 Å². The number of hydrogen-bond donors (Lipinski definition) is 1. The summed E-state index contributed by atoms with van der Waals surface area (Å²) in [5.41, 5.74) is -0.550. The van der Waals surface area contributed by atoms with Gasteiger partial charge in [0.2, 0.25) is 0 Å². The first-order valence-electron chi connectivity index (χ1n) is 10.3. The minimum atomic E-state index is -0.893. The lowest BCUT2D eigenvalue weighted by molar-refractivity contribution is -0.384. The number of nitriles is 1. The standard InChI is InChI=1S/C21H26N4O5/c1-15-6-10-24(11-7-15)17-5-4-16(12-18(17)25(28)29)20(27)30-13-19(26)23-21(14-22)8-2-3-9-21/h4-5,12,15H,2-3,6-11,13H2,1H3,(H,23,26). The van der Waals surface area contributed by atoms with Crippen LogP contribution in [0, 0.1) is 27.4 Å². The molecule has 1 saturated heterocycles. The molecule has 1 aliphatic heterocycles. The Hall–Kier alpha value is -3.15. The van der Waals surface area contributed by atoms with Crippen LogP contribution in [-0.2, 0) is 9.53 Å². The van der Waals surface area contributed by atoms with Gasteiger partial charge in [0, 0.05) is 19.2 Å². The fraction of sp³-hybridized carbons (Fsp3) is 0.571. The summed E-state index contributed by atoms with van der Waals surface area (Å²) in [6.07, 6.45) is 4.79. The Bertz CT molecular complexity index is 865. The second-order valence-electron chi connectivity index (χ2n) is 8.16. The number of carbonyl (C=O) groups excluding carboxylic acids is 2. The lowest BCUT2D eigenvalue weighted by Gasteiger charge is -2.31. The molecule has 0 unspecified atom stereocenters. The van der Waals surface area contributed by atoms with Crippen LogP contribution in [0.4, 0.5) is 11.4 Å². The number of hydrogen-bond acceptors (Lipinski definition) is 7. The smallest absolute Gasteiger partial charge is 0.338 e. The molecule has 0 radical (unpaired) electrons. The first-order chi connectivity index (χ1) is 14.3. The summed E-state index contributed by atoms with van der Waals surface area (Å²) in [6, 6.07) is 6.38. The number of carbonyl (C=O) groups is 2. The van der Waals surface area contributed by atoms with Crippen LogP contribution in [-0.4, -0.2) is 42.0 Å². The van der Waals surface area contributed by atoms with Gasteiger partial charge in [0.1, 0.15) is 11.2 Å². The van der Waals surface area contributed by atoms with Crippen LogP contribution in [0.15, 0.2) is 18.2 Å². The molecule has 9 heteroatoms. The van der Waals surface area contributed by atoms with E-state index in [1.54, 1.807) is 6.07 Å². The zero-order valence-electron chi connectivity index (χ0n) is 17.1. The van der Waals surface area contributed by atoms with Crippen molar-refractivity contribution in [1.82, 2.24) is 5.32 Å². The number of nitro benzene ring substituents is 1. The number of benzene rings is 1. The van der Waals surface area contributed by atoms with E-state index < -0.39 is 28.9 Å². The van der Waals surface area contributed by atoms with Crippen molar-refractivity contribution in [3.63, 3.8) is 0 Å². The molecule has 1 saturated carbocycles. The molecule has 0 aromatic heterocycles. The molecule has 9 nitrogen and oxygen atoms in total. The minimum absolute atomic E-state index is 0.0134. The minimum Gasteiger partial charge on any atom is -0.452 e. The van der Waals surface area contributed by atoms with Crippen LogP contribution >= 0.6 is 0 Å². The van der Waals surface area contributed by atoms with Crippen molar-refractivity contribution in [1.29, 1.82) is 5.26 Å². The monoisotopic (exact) mass is 414 g/mol. The summed E-state index contributed by atoms with van der Waals surface area (Å²) in [4.78, 5) is 37.5. The maximum atomic E-state index is 12.3. The average Bonchev–Trinajstić information content (AvgIpc) is 3.21. The van der Waals surface area contributed by atoms with Gasteiger partial charge in [-0.3, -0.25) is 14.9 Å². The quantitative estimate of drug-likeness (QED) is 0.431. The molecular formula is C21H26N4O5. The van der Waals surface area contributed by atoms with Gasteiger partial charge in [-0.2, -0.15) is 5.26 Å². The van der Waals surface area contributed by atoms with Crippen LogP contribution in [0.3, 0.4) is 0 Å². The van der Waals surface area contributed by atoms with E-state index >= 15 is 0 Å². The largest absolute Gasteiger partial charge is 0.452 e. The third-order valence-electron chi connectivity index (χ3n) is 5.92. The number of rotatable bonds is 6. The molecular weight excluding hydrogens is 388 g/mol. The summed E-state index contributed by atoms with van der Waals surface area (Å²) < 4.78 is 5.03. The molecule has 30 heavy (non-hydrogen) atoms. The van der Waals surface area contributed by atoms with E-state index in [4.69, 9.17) is 4.74 Å². The van der Waals surface area contributed by atoms with Crippen LogP contribution in [0.25, 0.3) is 0 Å². The topological polar surface area (TPSA) is 126 Å². The van der Waals surface area contributed by atoms with Crippen molar-refractivity contribution in [3.05, 3.63) is 33.9 Å². The lowest BCUT2D eigenvalue weighted by atomic mass is 9.98. The summed E-state index contributed by atoms with van der Waals surface area (Å²) in [6.45, 7) is 3.08. The van der Waals surface area contributed by atoms with Gasteiger partial charge in [-0.05, 0) is 56.6 Å². The Labute approximate surface area is 175 Å². The Kier molecular flexibility index (Phi) is 6.55. The van der Waals surface area contributed by atoms with Gasteiger partial charge >= 0.3 is 5.97 Å². The number of piperidine rings is 1. The Morgan fingerprint density at radius 1 is 1.33 bits per heavy atom. The van der Waals surface area contributed by atoms with E-state index in [9.17, 15) is 25.0 Å². The van der Waals surface area contributed by atoms with Crippen molar-refractivity contribution in [2.75, 3.05) is 24.6 Å². The molecule has 1 aromatic rings. The van der Waals surface area contributed by atoms with Gasteiger partial charge in [0.05, 0.1) is 16.6 Å². The van der Waals surface area contributed by atoms with E-state index in [0.717, 1.165) is 38.8 Å². The Morgan fingerprint density at radius 3 is 2.60 bits per heavy atom. The zero-order chi connectivity index (χ0) is 21.7. The lowest BCUT2D eigenvalue weighted by Crippen LogP contribution is -2.46. The fourth-order valence-corrected chi connectivity index (χ4v) is 4.07. The number of nitro groups is 1. The van der Waals surface area contributed by atoms with Crippen LogP contribution in [0.2, 0.25) is 0 Å². The first kappa shape index (κ1) is 21.6. The summed E-state index contributed by atoms with van der Waals surface area (Å²) in [5, 5.41) is 23.5. The molecule has 1 amide bonds. The average molecular weight is 414 g/mol. The van der Waals surface area contributed by atoms with E-state index in [-0.39, 0.29) is 11.3 Å². The number of esters is 1. The SMILES string of the molecule is CC1CCN(c2ccc(C(=O)OCC(=O)NC3(C#N)CCCC3)cc2[N+](=O)[O-])CC1. The van der Waals surface area contributed by atoms with Crippen LogP contribution in [0.5, 0.6) is 0 Å². The normalized spacial score (nSPS) is 18.5. The van der Waals surface area contributed by atoms with E-state index in [1.165, 1.54) is 12.1 Å². The zero-order valence-corrected chi connectivity index (χ0v) is 17.1. The van der Waals surface area contributed by atoms with E-state index in [1.807, 2.05) is 4.90 Å². The number of anilines is 1. The third kappa shape index (κ3) is 4.87. The van der Waals surface area contributed by atoms with Crippen molar-refractivity contribution in [3.8, 4) is 6.07 Å². The second kappa shape index (κ2) is 9.11. The maximum absolute atomic E-state index is 12.3. The van der Waals surface area contributed by atoms with E-state index in [2.05, 4.69) is 18.3 Å². The van der Waals surface area contributed by atoms with Crippen LogP contribution in [0.1, 0.15) is 55.8 Å². The molecule has 0 atom stereocenters. The number of nitrogens with zero attached hydrogens (tertiary/aromatic N) is 3. The summed E-state index contributed by atoms with van der Waals surface area (Å²) >= 11 is 0. The summed E-state index contributed by atoms with van der Waals surface area (Å²) in [5.74, 6) is -0.782. The predicted molar refractivity (Wildman–Crippen MR) is 109 cm³/mol. The molecule has 2 aliphatic rings. The molecule has 0 bridgehead atoms. The molecule has 3 rings (SSSR count). The highest BCUT2D eigenvalue weighted by atomic mass is 16.6. The Balaban J connectivity index is 1.64. The fourth-order valence-electron chi connectivity index (χ4n) is 4.07. The van der Waals surface area contributed by atoms with E-state index in [0.29, 0.717) is 24.4 Å². The van der Waals surface area contributed by atoms with Gasteiger partial charge in [-0.15, -0.1) is 0 Å². The second-order valence-corrected chi connectivity index (χ2v) is 8.16.